The van der Waals surface area contributed by atoms with Crippen molar-refractivity contribution in [2.24, 2.45) is 0 Å². The summed E-state index contributed by atoms with van der Waals surface area (Å²) in [6.45, 7) is 1.74. The average Bonchev–Trinajstić information content (AvgIpc) is 3.43. The molecule has 7 heteroatoms. The van der Waals surface area contributed by atoms with E-state index in [1.807, 2.05) is 53.9 Å². The molecule has 1 fully saturated rings. The third-order valence-corrected chi connectivity index (χ3v) is 6.76. The molecule has 4 rings (SSSR count). The number of nitrogens with zero attached hydrogens (tertiary/aromatic N) is 3. The number of carbonyl (C=O) groups excluding carboxylic acids is 2. The summed E-state index contributed by atoms with van der Waals surface area (Å²) >= 11 is 2.81. The Morgan fingerprint density at radius 1 is 1.07 bits per heavy atom. The maximum Gasteiger partial charge on any atom is 0.281 e. The minimum atomic E-state index is 0.00425. The van der Waals surface area contributed by atoms with Crippen LogP contribution in [0.2, 0.25) is 0 Å². The summed E-state index contributed by atoms with van der Waals surface area (Å²) in [5, 5.41) is 2.77. The monoisotopic (exact) mass is 437 g/mol. The molecule has 154 valence electrons. The zero-order valence-corrected chi connectivity index (χ0v) is 18.2. The van der Waals surface area contributed by atoms with Gasteiger partial charge >= 0.3 is 0 Å². The van der Waals surface area contributed by atoms with Crippen molar-refractivity contribution in [1.82, 2.24) is 9.88 Å². The lowest BCUT2D eigenvalue weighted by molar-refractivity contribution is -0.118. The largest absolute Gasteiger partial charge is 0.332 e. The zero-order valence-electron chi connectivity index (χ0n) is 16.6. The van der Waals surface area contributed by atoms with E-state index in [2.05, 4.69) is 12.1 Å². The molecule has 2 aromatic carbocycles. The molecular weight excluding hydrogens is 414 g/mol. The third-order valence-electron chi connectivity index (χ3n) is 5.00. The first kappa shape index (κ1) is 20.6. The van der Waals surface area contributed by atoms with E-state index < -0.39 is 0 Å². The molecule has 0 saturated carbocycles. The predicted molar refractivity (Wildman–Crippen MR) is 124 cm³/mol. The van der Waals surface area contributed by atoms with Gasteiger partial charge in [-0.25, -0.2) is 4.98 Å². The molecule has 2 amide bonds. The smallest absolute Gasteiger partial charge is 0.281 e. The van der Waals surface area contributed by atoms with Crippen LogP contribution in [0.5, 0.6) is 0 Å². The number of hydrogen-bond acceptors (Lipinski definition) is 5. The van der Waals surface area contributed by atoms with Crippen molar-refractivity contribution in [3.8, 4) is 11.3 Å². The molecule has 0 atom stereocenters. The number of thioether (sulfide) groups is 1. The summed E-state index contributed by atoms with van der Waals surface area (Å²) < 4.78 is 0. The quantitative estimate of drug-likeness (QED) is 0.501. The Kier molecular flexibility index (Phi) is 6.81. The Morgan fingerprint density at radius 3 is 2.50 bits per heavy atom. The molecule has 1 saturated heterocycles. The lowest BCUT2D eigenvalue weighted by Gasteiger charge is -2.22. The van der Waals surface area contributed by atoms with Gasteiger partial charge in [-0.1, -0.05) is 72.4 Å². The van der Waals surface area contributed by atoms with Crippen LogP contribution in [-0.4, -0.2) is 46.4 Å². The number of hydrogen-bond donors (Lipinski definition) is 0. The topological polar surface area (TPSA) is 53.5 Å². The van der Waals surface area contributed by atoms with Gasteiger partial charge in [-0.3, -0.25) is 14.5 Å². The van der Waals surface area contributed by atoms with E-state index in [-0.39, 0.29) is 11.1 Å². The number of anilines is 1. The summed E-state index contributed by atoms with van der Waals surface area (Å²) in [5.41, 5.74) is 3.09. The normalized spacial score (nSPS) is 13.6. The minimum Gasteiger partial charge on any atom is -0.332 e. The second kappa shape index (κ2) is 9.91. The van der Waals surface area contributed by atoms with E-state index in [0.29, 0.717) is 24.6 Å². The second-order valence-electron chi connectivity index (χ2n) is 7.01. The Labute approximate surface area is 184 Å². The van der Waals surface area contributed by atoms with Crippen LogP contribution in [-0.2, 0) is 11.2 Å². The molecule has 3 aromatic rings. The van der Waals surface area contributed by atoms with Gasteiger partial charge in [0.05, 0.1) is 5.69 Å². The van der Waals surface area contributed by atoms with E-state index >= 15 is 0 Å². The van der Waals surface area contributed by atoms with Gasteiger partial charge in [0.1, 0.15) is 0 Å². The maximum atomic E-state index is 13.1. The van der Waals surface area contributed by atoms with Crippen molar-refractivity contribution < 1.29 is 9.59 Å². The van der Waals surface area contributed by atoms with Gasteiger partial charge in [0, 0.05) is 42.8 Å². The van der Waals surface area contributed by atoms with Crippen LogP contribution in [0.15, 0.2) is 66.0 Å². The lowest BCUT2D eigenvalue weighted by Crippen LogP contribution is -2.36. The number of aromatic nitrogens is 1. The zero-order chi connectivity index (χ0) is 20.8. The van der Waals surface area contributed by atoms with Crippen molar-refractivity contribution in [3.05, 3.63) is 71.6 Å². The van der Waals surface area contributed by atoms with E-state index in [9.17, 15) is 9.59 Å². The molecule has 0 aliphatic carbocycles. The molecule has 2 heterocycles. The highest BCUT2D eigenvalue weighted by molar-refractivity contribution is 8.13. The fraction of sp³-hybridized carbons (Fsp3) is 0.261. The van der Waals surface area contributed by atoms with Crippen LogP contribution in [0, 0.1) is 0 Å². The molecule has 1 aliphatic heterocycles. The lowest BCUT2D eigenvalue weighted by atomic mass is 10.1. The summed E-state index contributed by atoms with van der Waals surface area (Å²) in [5.74, 6) is 0.807. The van der Waals surface area contributed by atoms with Crippen LogP contribution in [0.4, 0.5) is 9.93 Å². The highest BCUT2D eigenvalue weighted by Gasteiger charge is 2.24. The number of benzene rings is 2. The Balaban J connectivity index is 1.50. The summed E-state index contributed by atoms with van der Waals surface area (Å²) in [4.78, 5) is 33.3. The van der Waals surface area contributed by atoms with Crippen molar-refractivity contribution >= 4 is 39.4 Å². The van der Waals surface area contributed by atoms with Crippen LogP contribution in [0.25, 0.3) is 11.3 Å². The van der Waals surface area contributed by atoms with Crippen LogP contribution >= 0.6 is 23.1 Å². The summed E-state index contributed by atoms with van der Waals surface area (Å²) in [6.07, 6.45) is 1.06. The van der Waals surface area contributed by atoms with Gasteiger partial charge in [0.25, 0.3) is 5.24 Å². The molecule has 5 nitrogen and oxygen atoms in total. The fourth-order valence-electron chi connectivity index (χ4n) is 3.34. The molecule has 0 spiro atoms. The van der Waals surface area contributed by atoms with Gasteiger partial charge in [0.15, 0.2) is 5.13 Å². The van der Waals surface area contributed by atoms with E-state index in [0.717, 1.165) is 30.0 Å². The Hall–Kier alpha value is -2.64. The van der Waals surface area contributed by atoms with Crippen molar-refractivity contribution in [2.45, 2.75) is 12.8 Å². The average molecular weight is 438 g/mol. The first-order chi connectivity index (χ1) is 14.7. The van der Waals surface area contributed by atoms with Gasteiger partial charge in [-0.2, -0.15) is 0 Å². The highest BCUT2D eigenvalue weighted by atomic mass is 32.2. The van der Waals surface area contributed by atoms with Crippen LogP contribution in [0.1, 0.15) is 12.0 Å². The third kappa shape index (κ3) is 5.09. The first-order valence-corrected chi connectivity index (χ1v) is 11.8. The van der Waals surface area contributed by atoms with Crippen molar-refractivity contribution in [1.29, 1.82) is 0 Å². The molecule has 0 unspecified atom stereocenters. The second-order valence-corrected chi connectivity index (χ2v) is 8.90. The molecule has 1 aliphatic rings. The molecule has 1 aromatic heterocycles. The van der Waals surface area contributed by atoms with Crippen LogP contribution in [0.3, 0.4) is 0 Å². The highest BCUT2D eigenvalue weighted by Crippen LogP contribution is 2.28. The number of carbonyl (C=O) groups is 2. The maximum absolute atomic E-state index is 13.1. The molecular formula is C23H23N3O2S2. The van der Waals surface area contributed by atoms with Crippen molar-refractivity contribution in [2.75, 3.05) is 30.3 Å². The SMILES string of the molecule is O=C1SCCN1CCC(=O)N(CCc1ccccc1)c1nc(-c2ccccc2)cs1. The molecule has 0 radical (unpaired) electrons. The van der Waals surface area contributed by atoms with E-state index in [4.69, 9.17) is 4.98 Å². The molecule has 0 bridgehead atoms. The van der Waals surface area contributed by atoms with Gasteiger partial charge in [-0.15, -0.1) is 11.3 Å². The fourth-order valence-corrected chi connectivity index (χ4v) is 5.07. The number of rotatable bonds is 8. The van der Waals surface area contributed by atoms with Gasteiger partial charge < -0.3 is 4.90 Å². The van der Waals surface area contributed by atoms with E-state index in [1.54, 1.807) is 9.80 Å². The standard InChI is InChI=1S/C23H23N3O2S2/c27-21(12-13-25-15-16-29-23(25)28)26(14-11-18-7-3-1-4-8-18)22-24-20(17-30-22)19-9-5-2-6-10-19/h1-10,17H,11-16H2. The van der Waals surface area contributed by atoms with Gasteiger partial charge in [0.2, 0.25) is 5.91 Å². The summed E-state index contributed by atoms with van der Waals surface area (Å²) in [6, 6.07) is 20.1. The number of thiazole rings is 1. The van der Waals surface area contributed by atoms with E-state index in [1.165, 1.54) is 28.7 Å². The summed E-state index contributed by atoms with van der Waals surface area (Å²) in [7, 11) is 0. The Bertz CT molecular complexity index is 992. The Morgan fingerprint density at radius 2 is 1.80 bits per heavy atom. The van der Waals surface area contributed by atoms with Crippen LogP contribution < -0.4 is 4.90 Å². The molecule has 0 N–H and O–H groups in total. The first-order valence-electron chi connectivity index (χ1n) is 9.97. The van der Waals surface area contributed by atoms with Gasteiger partial charge in [-0.05, 0) is 12.0 Å². The predicted octanol–water partition coefficient (Wildman–Crippen LogP) is 4.94. The number of amides is 2. The van der Waals surface area contributed by atoms with Crippen molar-refractivity contribution in [3.63, 3.8) is 0 Å². The molecule has 30 heavy (non-hydrogen) atoms. The minimum absolute atomic E-state index is 0.00425.